The Morgan fingerprint density at radius 2 is 1.79 bits per heavy atom. The molecule has 5 aromatic rings. The molecular weight excluding hydrogens is 859 g/mol. The van der Waals surface area contributed by atoms with E-state index in [9.17, 15) is 28.4 Å². The van der Waals surface area contributed by atoms with Gasteiger partial charge in [0.15, 0.2) is 0 Å². The van der Waals surface area contributed by atoms with Gasteiger partial charge in [0.1, 0.15) is 23.3 Å². The van der Waals surface area contributed by atoms with E-state index in [0.717, 1.165) is 49.6 Å². The predicted octanol–water partition coefficient (Wildman–Crippen LogP) is 9.21. The lowest BCUT2D eigenvalue weighted by Gasteiger charge is -2.56. The van der Waals surface area contributed by atoms with Crippen LogP contribution >= 0.6 is 0 Å². The van der Waals surface area contributed by atoms with Crippen LogP contribution in [0.3, 0.4) is 0 Å². The quantitative estimate of drug-likeness (QED) is 0.0727. The van der Waals surface area contributed by atoms with Gasteiger partial charge < -0.3 is 29.8 Å². The molecule has 16 heteroatoms. The zero-order chi connectivity index (χ0) is 46.0. The second-order valence-corrected chi connectivity index (χ2v) is 21.7. The molecule has 66 heavy (non-hydrogen) atoms. The van der Waals surface area contributed by atoms with E-state index in [1.807, 2.05) is 12.1 Å². The number of likely N-dealkylation sites (tertiary alicyclic amines) is 1. The summed E-state index contributed by atoms with van der Waals surface area (Å²) in [4.78, 5) is 37.9. The highest BCUT2D eigenvalue weighted by atomic mass is 32.2. The highest BCUT2D eigenvalue weighted by molar-refractivity contribution is 7.90. The fourth-order valence-electron chi connectivity index (χ4n) is 11.5. The van der Waals surface area contributed by atoms with Crippen molar-refractivity contribution in [2.45, 2.75) is 120 Å². The first-order chi connectivity index (χ1) is 31.6. The summed E-state index contributed by atoms with van der Waals surface area (Å²) in [5.74, 6) is 0.0419. The van der Waals surface area contributed by atoms with Crippen molar-refractivity contribution in [2.24, 2.45) is 11.3 Å². The number of nitrogens with one attached hydrogen (secondary N) is 3. The SMILES string of the molecule is CC(C)c1ccccc1[C@H]1CCCN1C1CC2(CCN(c3ccc(C(=O)NS(=O)(=O)c4cc5c(c([N+](=O)[O-])c4)O[C@@H](C4CCC(C)(O)CC4)CN5)c(Oc4cnc5[nH]ccc5c4)c3)CC2)C1. The number of hydrogen-bond donors (Lipinski definition) is 4. The van der Waals surface area contributed by atoms with E-state index in [1.54, 1.807) is 31.3 Å². The number of hydrogen-bond acceptors (Lipinski definition) is 12. The maximum Gasteiger partial charge on any atom is 0.314 e. The summed E-state index contributed by atoms with van der Waals surface area (Å²) in [5.41, 5.74) is 3.59. The number of aromatic amines is 1. The molecule has 0 bridgehead atoms. The average Bonchev–Trinajstić information content (AvgIpc) is 3.98. The number of rotatable bonds is 11. The molecule has 3 aliphatic heterocycles. The van der Waals surface area contributed by atoms with Crippen LogP contribution in [0, 0.1) is 21.4 Å². The van der Waals surface area contributed by atoms with Crippen molar-refractivity contribution >= 4 is 44.0 Å². The van der Waals surface area contributed by atoms with Gasteiger partial charge in [-0.05, 0) is 136 Å². The van der Waals surface area contributed by atoms with Crippen molar-refractivity contribution in [3.8, 4) is 17.2 Å². The lowest BCUT2D eigenvalue weighted by atomic mass is 9.59. The van der Waals surface area contributed by atoms with Crippen LogP contribution in [0.1, 0.15) is 118 Å². The van der Waals surface area contributed by atoms with Gasteiger partial charge in [0.2, 0.25) is 5.75 Å². The number of pyridine rings is 1. The zero-order valence-corrected chi connectivity index (χ0v) is 38.6. The molecule has 1 amide bonds. The number of anilines is 2. The Bertz CT molecular complexity index is 2770. The monoisotopic (exact) mass is 917 g/mol. The molecule has 2 saturated carbocycles. The largest absolute Gasteiger partial charge is 0.480 e. The summed E-state index contributed by atoms with van der Waals surface area (Å²) >= 11 is 0. The maximum atomic E-state index is 14.1. The van der Waals surface area contributed by atoms with Gasteiger partial charge in [-0.15, -0.1) is 0 Å². The molecule has 4 N–H and O–H groups in total. The van der Waals surface area contributed by atoms with Gasteiger partial charge in [-0.1, -0.05) is 38.1 Å². The van der Waals surface area contributed by atoms with Crippen molar-refractivity contribution in [1.82, 2.24) is 19.6 Å². The molecule has 10 rings (SSSR count). The first kappa shape index (κ1) is 44.1. The minimum atomic E-state index is -4.64. The molecule has 0 unspecified atom stereocenters. The van der Waals surface area contributed by atoms with Crippen LogP contribution in [0.4, 0.5) is 17.1 Å². The fraction of sp³-hybridized carbons (Fsp3) is 0.480. The van der Waals surface area contributed by atoms with E-state index in [2.05, 4.69) is 67.9 Å². The van der Waals surface area contributed by atoms with E-state index in [1.165, 1.54) is 49.1 Å². The summed E-state index contributed by atoms with van der Waals surface area (Å²) in [5, 5.41) is 26.8. The second kappa shape index (κ2) is 17.2. The van der Waals surface area contributed by atoms with Gasteiger partial charge in [0.25, 0.3) is 15.9 Å². The van der Waals surface area contributed by atoms with Gasteiger partial charge in [0.05, 0.1) is 39.4 Å². The summed E-state index contributed by atoms with van der Waals surface area (Å²) < 4.78 is 42.7. The zero-order valence-electron chi connectivity index (χ0n) is 37.8. The molecule has 2 aliphatic carbocycles. The number of ether oxygens (including phenoxy) is 2. The van der Waals surface area contributed by atoms with Gasteiger partial charge in [-0.25, -0.2) is 18.1 Å². The molecular formula is C50H59N7O8S. The number of benzene rings is 3. The Hall–Kier alpha value is -5.71. The Morgan fingerprint density at radius 1 is 1.02 bits per heavy atom. The number of fused-ring (bicyclic) bond motifs is 2. The minimum absolute atomic E-state index is 0.0331. The number of H-pyrrole nitrogens is 1. The third-order valence-corrected chi connectivity index (χ3v) is 16.6. The Balaban J connectivity index is 0.855. The van der Waals surface area contributed by atoms with Gasteiger partial charge in [-0.2, -0.15) is 0 Å². The second-order valence-electron chi connectivity index (χ2n) is 20.0. The first-order valence-corrected chi connectivity index (χ1v) is 25.0. The Labute approximate surface area is 385 Å². The highest BCUT2D eigenvalue weighted by Gasteiger charge is 2.50. The van der Waals surface area contributed by atoms with Crippen LogP contribution in [0.15, 0.2) is 84.0 Å². The summed E-state index contributed by atoms with van der Waals surface area (Å²) in [6.07, 6.45) is 12.4. The summed E-state index contributed by atoms with van der Waals surface area (Å²) in [7, 11) is -4.64. The van der Waals surface area contributed by atoms with Crippen molar-refractivity contribution < 1.29 is 32.7 Å². The van der Waals surface area contributed by atoms with Gasteiger partial charge in [0, 0.05) is 54.6 Å². The molecule has 348 valence electrons. The molecule has 5 aliphatic rings. The van der Waals surface area contributed by atoms with Crippen LogP contribution in [-0.4, -0.2) is 83.1 Å². The summed E-state index contributed by atoms with van der Waals surface area (Å²) in [6.45, 7) is 9.49. The van der Waals surface area contributed by atoms with E-state index in [4.69, 9.17) is 9.47 Å². The highest BCUT2D eigenvalue weighted by Crippen LogP contribution is 2.54. The Morgan fingerprint density at radius 3 is 2.55 bits per heavy atom. The van der Waals surface area contributed by atoms with Gasteiger partial charge >= 0.3 is 5.69 Å². The van der Waals surface area contributed by atoms with E-state index >= 15 is 0 Å². The number of sulfonamides is 1. The Kier molecular flexibility index (Phi) is 11.5. The van der Waals surface area contributed by atoms with Crippen LogP contribution in [-0.2, 0) is 10.0 Å². The smallest absolute Gasteiger partial charge is 0.314 e. The molecule has 2 aromatic heterocycles. The normalized spacial score (nSPS) is 24.4. The lowest BCUT2D eigenvalue weighted by Crippen LogP contribution is -2.54. The number of nitro benzene ring substituents is 1. The number of piperidine rings is 1. The fourth-order valence-corrected chi connectivity index (χ4v) is 12.5. The number of carbonyl (C=O) groups excluding carboxylic acids is 1. The maximum absolute atomic E-state index is 14.1. The molecule has 4 fully saturated rings. The lowest BCUT2D eigenvalue weighted by molar-refractivity contribution is -0.386. The molecule has 2 atom stereocenters. The minimum Gasteiger partial charge on any atom is -0.480 e. The first-order valence-electron chi connectivity index (χ1n) is 23.5. The number of nitrogens with zero attached hydrogens (tertiary/aromatic N) is 4. The number of aromatic nitrogens is 2. The molecule has 15 nitrogen and oxygen atoms in total. The number of carbonyl (C=O) groups is 1. The van der Waals surface area contributed by atoms with Crippen molar-refractivity contribution in [3.05, 3.63) is 106 Å². The third-order valence-electron chi connectivity index (χ3n) is 15.3. The van der Waals surface area contributed by atoms with Gasteiger partial charge in [-0.3, -0.25) is 19.8 Å². The molecule has 5 heterocycles. The van der Waals surface area contributed by atoms with Crippen molar-refractivity contribution in [3.63, 3.8) is 0 Å². The third kappa shape index (κ3) is 8.58. The average molecular weight is 918 g/mol. The predicted molar refractivity (Wildman–Crippen MR) is 252 cm³/mol. The topological polar surface area (TPSA) is 192 Å². The molecule has 2 saturated heterocycles. The standard InChI is InChI=1S/C50H59N7O8S/c1-31(2)38-7-4-5-8-39(38)42-9-6-20-56(42)35-27-50(28-35)17-21-55(22-18-50)34-10-11-40(44(24-34)64-36-23-33-14-19-51-47(33)53-29-36)48(58)54-66(62,63)37-25-41-46(43(26-37)57(60)61)65-45(30-52-41)32-12-15-49(3,59)16-13-32/h4-5,7-8,10-11,14,19,23-26,29,31-32,35,42,45,52,59H,6,9,12-13,15-18,20-22,27-28,30H2,1-3H3,(H,51,53)(H,54,58)/t32?,42-,45-,49?/m1/s1. The molecule has 3 aromatic carbocycles. The number of amides is 1. The number of nitro groups is 1. The van der Waals surface area contributed by atoms with Crippen molar-refractivity contribution in [2.75, 3.05) is 36.4 Å². The van der Waals surface area contributed by atoms with Crippen LogP contribution < -0.4 is 24.4 Å². The van der Waals surface area contributed by atoms with Crippen LogP contribution in [0.25, 0.3) is 11.0 Å². The molecule has 0 radical (unpaired) electrons. The summed E-state index contributed by atoms with van der Waals surface area (Å²) in [6, 6.07) is 21.0. The van der Waals surface area contributed by atoms with Crippen molar-refractivity contribution in [1.29, 1.82) is 0 Å². The van der Waals surface area contributed by atoms with Crippen LogP contribution in [0.2, 0.25) is 0 Å². The van der Waals surface area contributed by atoms with Crippen LogP contribution in [0.5, 0.6) is 17.2 Å². The molecule has 1 spiro atoms. The van der Waals surface area contributed by atoms with E-state index in [0.29, 0.717) is 67.0 Å². The van der Waals surface area contributed by atoms with E-state index in [-0.39, 0.29) is 28.7 Å². The number of aliphatic hydroxyl groups is 1. The van der Waals surface area contributed by atoms with E-state index < -0.39 is 43.1 Å².